The van der Waals surface area contributed by atoms with Gasteiger partial charge in [-0.3, -0.25) is 4.79 Å². The summed E-state index contributed by atoms with van der Waals surface area (Å²) in [4.78, 5) is 22.7. The first kappa shape index (κ1) is 15.5. The number of hydrogen-bond donors (Lipinski definition) is 3. The lowest BCUT2D eigenvalue weighted by atomic mass is 10.1. The van der Waals surface area contributed by atoms with Crippen molar-refractivity contribution < 1.29 is 19.1 Å². The van der Waals surface area contributed by atoms with Crippen LogP contribution in [0.1, 0.15) is 12.0 Å². The van der Waals surface area contributed by atoms with Gasteiger partial charge in [-0.1, -0.05) is 12.2 Å². The number of aliphatic carboxylic acids is 1. The van der Waals surface area contributed by atoms with E-state index in [4.69, 9.17) is 5.11 Å². The van der Waals surface area contributed by atoms with Crippen LogP contribution < -0.4 is 10.6 Å². The second kappa shape index (κ2) is 6.26. The fraction of sp³-hybridized carbons (Fsp3) is 0.286. The molecule has 2 amide bonds. The number of hydrogen-bond acceptors (Lipinski definition) is 2. The second-order valence-corrected chi connectivity index (χ2v) is 5.71. The van der Waals surface area contributed by atoms with Crippen molar-refractivity contribution in [2.45, 2.75) is 19.4 Å². The number of carboxylic acid groups (broad SMARTS) is 1. The normalized spacial score (nSPS) is 20.3. The Hall–Kier alpha value is -1.89. The maximum absolute atomic E-state index is 13.5. The van der Waals surface area contributed by atoms with Gasteiger partial charge in [0.05, 0.1) is 16.4 Å². The molecule has 21 heavy (non-hydrogen) atoms. The predicted molar refractivity (Wildman–Crippen MR) is 79.7 cm³/mol. The first-order valence-electron chi connectivity index (χ1n) is 6.31. The number of nitrogens with one attached hydrogen (secondary N) is 2. The molecule has 0 aliphatic heterocycles. The number of carbonyl (C=O) groups is 2. The molecule has 0 aromatic heterocycles. The number of amides is 2. The fourth-order valence-electron chi connectivity index (χ4n) is 2.10. The lowest BCUT2D eigenvalue weighted by Crippen LogP contribution is -2.36. The molecule has 0 saturated heterocycles. The third-order valence-electron chi connectivity index (χ3n) is 3.23. The molecule has 2 unspecified atom stereocenters. The number of urea groups is 1. The van der Waals surface area contributed by atoms with Crippen molar-refractivity contribution in [2.24, 2.45) is 5.92 Å². The molecule has 2 atom stereocenters. The predicted octanol–water partition coefficient (Wildman–Crippen LogP) is 3.05. The largest absolute Gasteiger partial charge is 0.481 e. The second-order valence-electron chi connectivity index (χ2n) is 4.85. The number of halogens is 2. The molecule has 7 heteroatoms. The third-order valence-corrected chi connectivity index (χ3v) is 3.84. The number of aryl methyl sites for hydroxylation is 1. The van der Waals surface area contributed by atoms with Crippen LogP contribution in [0.4, 0.5) is 14.9 Å². The van der Waals surface area contributed by atoms with E-state index >= 15 is 0 Å². The minimum atomic E-state index is -0.915. The van der Waals surface area contributed by atoms with Crippen molar-refractivity contribution in [1.29, 1.82) is 0 Å². The molecule has 1 aliphatic carbocycles. The Kier molecular flexibility index (Phi) is 4.62. The van der Waals surface area contributed by atoms with Crippen LogP contribution in [0, 0.1) is 18.7 Å². The number of carbonyl (C=O) groups excluding carboxylic acids is 1. The van der Waals surface area contributed by atoms with E-state index in [0.717, 1.165) is 0 Å². The van der Waals surface area contributed by atoms with Gasteiger partial charge < -0.3 is 15.7 Å². The monoisotopic (exact) mass is 356 g/mol. The van der Waals surface area contributed by atoms with Gasteiger partial charge in [0.15, 0.2) is 0 Å². The molecule has 112 valence electrons. The lowest BCUT2D eigenvalue weighted by Gasteiger charge is -2.14. The van der Waals surface area contributed by atoms with Crippen LogP contribution in [0.2, 0.25) is 0 Å². The first-order chi connectivity index (χ1) is 9.86. The Balaban J connectivity index is 1.96. The Morgan fingerprint density at radius 2 is 2.10 bits per heavy atom. The van der Waals surface area contributed by atoms with E-state index in [1.54, 1.807) is 25.1 Å². The van der Waals surface area contributed by atoms with Crippen molar-refractivity contribution >= 4 is 33.6 Å². The maximum atomic E-state index is 13.5. The highest BCUT2D eigenvalue weighted by molar-refractivity contribution is 9.10. The Bertz CT molecular complexity index is 618. The van der Waals surface area contributed by atoms with Crippen LogP contribution in [0.15, 0.2) is 28.8 Å². The van der Waals surface area contributed by atoms with Gasteiger partial charge in [0.2, 0.25) is 0 Å². The number of carboxylic acids is 1. The summed E-state index contributed by atoms with van der Waals surface area (Å²) in [6.45, 7) is 1.75. The quantitative estimate of drug-likeness (QED) is 0.728. The zero-order chi connectivity index (χ0) is 15.6. The summed E-state index contributed by atoms with van der Waals surface area (Å²) in [5, 5.41) is 14.1. The van der Waals surface area contributed by atoms with E-state index in [0.29, 0.717) is 22.1 Å². The molecule has 0 bridgehead atoms. The Morgan fingerprint density at radius 3 is 2.71 bits per heavy atom. The van der Waals surface area contributed by atoms with Crippen LogP contribution in [0.25, 0.3) is 0 Å². The summed E-state index contributed by atoms with van der Waals surface area (Å²) in [5.41, 5.74) is 1.08. The van der Waals surface area contributed by atoms with Crippen molar-refractivity contribution in [2.75, 3.05) is 5.32 Å². The van der Waals surface area contributed by atoms with Crippen LogP contribution in [0.5, 0.6) is 0 Å². The number of rotatable bonds is 3. The SMILES string of the molecule is Cc1cc(Br)c(F)cc1NC(=O)NC1C=CC(C(=O)O)C1. The summed E-state index contributed by atoms with van der Waals surface area (Å²) >= 11 is 3.07. The average Bonchev–Trinajstić information content (AvgIpc) is 2.84. The van der Waals surface area contributed by atoms with Gasteiger partial charge in [0, 0.05) is 5.69 Å². The van der Waals surface area contributed by atoms with Gasteiger partial charge >= 0.3 is 12.0 Å². The van der Waals surface area contributed by atoms with Crippen LogP contribution in [-0.2, 0) is 4.79 Å². The van der Waals surface area contributed by atoms with E-state index < -0.39 is 23.7 Å². The van der Waals surface area contributed by atoms with Gasteiger partial charge in [-0.05, 0) is 47.0 Å². The van der Waals surface area contributed by atoms with E-state index in [1.165, 1.54) is 6.07 Å². The maximum Gasteiger partial charge on any atom is 0.319 e. The summed E-state index contributed by atoms with van der Waals surface area (Å²) in [6.07, 6.45) is 3.52. The molecule has 1 aliphatic rings. The molecule has 0 heterocycles. The molecule has 0 saturated carbocycles. The Morgan fingerprint density at radius 1 is 1.38 bits per heavy atom. The summed E-state index contributed by atoms with van der Waals surface area (Å²) in [7, 11) is 0. The van der Waals surface area contributed by atoms with Gasteiger partial charge in [-0.25, -0.2) is 9.18 Å². The molecule has 0 fully saturated rings. The third kappa shape index (κ3) is 3.81. The smallest absolute Gasteiger partial charge is 0.319 e. The van der Waals surface area contributed by atoms with E-state index in [2.05, 4.69) is 26.6 Å². The summed E-state index contributed by atoms with van der Waals surface area (Å²) in [5.74, 6) is -1.97. The Labute approximate surface area is 129 Å². The standard InChI is InChI=1S/C14H14BrFN2O3/c1-7-4-10(15)11(16)6-12(7)18-14(21)17-9-3-2-8(5-9)13(19)20/h2-4,6,8-9H,5H2,1H3,(H,19,20)(H2,17,18,21). The molecule has 1 aromatic carbocycles. The van der Waals surface area contributed by atoms with Gasteiger partial charge in [-0.2, -0.15) is 0 Å². The topological polar surface area (TPSA) is 78.4 Å². The molecule has 1 aromatic rings. The molecular formula is C14H14BrFN2O3. The van der Waals surface area contributed by atoms with Crippen LogP contribution >= 0.6 is 15.9 Å². The highest BCUT2D eigenvalue weighted by atomic mass is 79.9. The number of benzene rings is 1. The molecule has 0 radical (unpaired) electrons. The molecule has 5 nitrogen and oxygen atoms in total. The molecule has 2 rings (SSSR count). The average molecular weight is 357 g/mol. The van der Waals surface area contributed by atoms with Gasteiger partial charge in [0.25, 0.3) is 0 Å². The van der Waals surface area contributed by atoms with Crippen LogP contribution in [0.3, 0.4) is 0 Å². The fourth-order valence-corrected chi connectivity index (χ4v) is 2.55. The van der Waals surface area contributed by atoms with Gasteiger partial charge in [-0.15, -0.1) is 0 Å². The minimum Gasteiger partial charge on any atom is -0.481 e. The van der Waals surface area contributed by atoms with E-state index in [1.807, 2.05) is 0 Å². The minimum absolute atomic E-state index is 0.316. The highest BCUT2D eigenvalue weighted by Gasteiger charge is 2.25. The van der Waals surface area contributed by atoms with E-state index in [9.17, 15) is 14.0 Å². The van der Waals surface area contributed by atoms with Crippen LogP contribution in [-0.4, -0.2) is 23.1 Å². The highest BCUT2D eigenvalue weighted by Crippen LogP contribution is 2.24. The zero-order valence-corrected chi connectivity index (χ0v) is 12.8. The van der Waals surface area contributed by atoms with Crippen molar-refractivity contribution in [1.82, 2.24) is 5.32 Å². The summed E-state index contributed by atoms with van der Waals surface area (Å²) < 4.78 is 13.8. The lowest BCUT2D eigenvalue weighted by molar-refractivity contribution is -0.140. The molecular weight excluding hydrogens is 343 g/mol. The first-order valence-corrected chi connectivity index (χ1v) is 7.10. The van der Waals surface area contributed by atoms with Crippen molar-refractivity contribution in [3.63, 3.8) is 0 Å². The van der Waals surface area contributed by atoms with Crippen molar-refractivity contribution in [3.8, 4) is 0 Å². The van der Waals surface area contributed by atoms with Gasteiger partial charge in [0.1, 0.15) is 5.82 Å². The summed E-state index contributed by atoms with van der Waals surface area (Å²) in [6, 6.07) is 1.96. The number of anilines is 1. The zero-order valence-electron chi connectivity index (χ0n) is 11.2. The van der Waals surface area contributed by atoms with Crippen molar-refractivity contribution in [3.05, 3.63) is 40.1 Å². The molecule has 3 N–H and O–H groups in total. The molecule has 0 spiro atoms. The van der Waals surface area contributed by atoms with E-state index in [-0.39, 0.29) is 6.04 Å².